The standard InChI is InChI=1S/C11H16F3N3O2/c12-11(13,14)9-2-1-8(7-15)10(16-9)17(3-5-18)4-6-19/h1-2,18-19H,3-7,15H2. The first-order valence-corrected chi connectivity index (χ1v) is 5.68. The lowest BCUT2D eigenvalue weighted by Crippen LogP contribution is -2.32. The first kappa shape index (κ1) is 15.7. The minimum absolute atomic E-state index is 0.0217. The molecule has 5 nitrogen and oxygen atoms in total. The van der Waals surface area contributed by atoms with Gasteiger partial charge in [0.2, 0.25) is 0 Å². The number of nitrogens with zero attached hydrogens (tertiary/aromatic N) is 2. The summed E-state index contributed by atoms with van der Waals surface area (Å²) in [6, 6.07) is 2.12. The molecule has 1 rings (SSSR count). The molecule has 0 amide bonds. The topological polar surface area (TPSA) is 82.6 Å². The molecule has 0 aromatic carbocycles. The Morgan fingerprint density at radius 2 is 1.74 bits per heavy atom. The Labute approximate surface area is 108 Å². The fraction of sp³-hybridized carbons (Fsp3) is 0.545. The third-order valence-corrected chi connectivity index (χ3v) is 2.51. The number of aliphatic hydroxyl groups is 2. The van der Waals surface area contributed by atoms with Crippen LogP contribution in [-0.2, 0) is 12.7 Å². The third kappa shape index (κ3) is 4.05. The number of hydrogen-bond donors (Lipinski definition) is 3. The summed E-state index contributed by atoms with van der Waals surface area (Å²) in [6.07, 6.45) is -4.55. The molecular formula is C11H16F3N3O2. The zero-order valence-corrected chi connectivity index (χ0v) is 10.2. The van der Waals surface area contributed by atoms with Crippen LogP contribution in [0.15, 0.2) is 12.1 Å². The van der Waals surface area contributed by atoms with Crippen molar-refractivity contribution >= 4 is 5.82 Å². The van der Waals surface area contributed by atoms with Gasteiger partial charge >= 0.3 is 6.18 Å². The van der Waals surface area contributed by atoms with Crippen molar-refractivity contribution < 1.29 is 23.4 Å². The Morgan fingerprint density at radius 1 is 1.16 bits per heavy atom. The molecule has 0 saturated heterocycles. The van der Waals surface area contributed by atoms with E-state index in [2.05, 4.69) is 4.98 Å². The molecule has 4 N–H and O–H groups in total. The zero-order chi connectivity index (χ0) is 14.5. The van der Waals surface area contributed by atoms with Gasteiger partial charge in [0.1, 0.15) is 11.5 Å². The summed E-state index contributed by atoms with van der Waals surface area (Å²) in [5, 5.41) is 17.8. The maximum Gasteiger partial charge on any atom is 0.433 e. The molecule has 0 aliphatic carbocycles. The van der Waals surface area contributed by atoms with Crippen LogP contribution in [-0.4, -0.2) is 41.5 Å². The summed E-state index contributed by atoms with van der Waals surface area (Å²) in [5.74, 6) is 0.0421. The molecule has 0 unspecified atom stereocenters. The fourth-order valence-corrected chi connectivity index (χ4v) is 1.63. The number of halogens is 3. The van der Waals surface area contributed by atoms with Crippen molar-refractivity contribution in [3.8, 4) is 0 Å². The van der Waals surface area contributed by atoms with Crippen LogP contribution in [0.4, 0.5) is 19.0 Å². The second kappa shape index (κ2) is 6.69. The van der Waals surface area contributed by atoms with E-state index in [1.165, 1.54) is 11.0 Å². The van der Waals surface area contributed by atoms with Crippen molar-refractivity contribution in [3.63, 3.8) is 0 Å². The van der Waals surface area contributed by atoms with Gasteiger partial charge in [-0.25, -0.2) is 4.98 Å². The van der Waals surface area contributed by atoms with Crippen LogP contribution >= 0.6 is 0 Å². The van der Waals surface area contributed by atoms with Crippen LogP contribution in [0.5, 0.6) is 0 Å². The molecule has 0 atom stereocenters. The highest BCUT2D eigenvalue weighted by Crippen LogP contribution is 2.30. The lowest BCUT2D eigenvalue weighted by atomic mass is 10.2. The first-order valence-electron chi connectivity index (χ1n) is 5.68. The van der Waals surface area contributed by atoms with Crippen molar-refractivity contribution in [2.45, 2.75) is 12.7 Å². The largest absolute Gasteiger partial charge is 0.433 e. The maximum atomic E-state index is 12.6. The van der Waals surface area contributed by atoms with Crippen LogP contribution in [0.1, 0.15) is 11.3 Å². The molecule has 0 aliphatic heterocycles. The summed E-state index contributed by atoms with van der Waals surface area (Å²) >= 11 is 0. The molecule has 0 radical (unpaired) electrons. The number of rotatable bonds is 6. The van der Waals surface area contributed by atoms with Gasteiger partial charge in [0.15, 0.2) is 0 Å². The molecule has 0 saturated carbocycles. The highest BCUT2D eigenvalue weighted by molar-refractivity contribution is 5.48. The average Bonchev–Trinajstić information content (AvgIpc) is 2.36. The molecule has 1 aromatic heterocycles. The predicted molar refractivity (Wildman–Crippen MR) is 63.5 cm³/mol. The van der Waals surface area contributed by atoms with Crippen molar-refractivity contribution in [1.82, 2.24) is 4.98 Å². The number of pyridine rings is 1. The number of nitrogens with two attached hydrogens (primary N) is 1. The van der Waals surface area contributed by atoms with Gasteiger partial charge in [0.05, 0.1) is 13.2 Å². The average molecular weight is 279 g/mol. The molecular weight excluding hydrogens is 263 g/mol. The Hall–Kier alpha value is -1.38. The normalized spacial score (nSPS) is 11.7. The molecule has 0 bridgehead atoms. The number of aliphatic hydroxyl groups excluding tert-OH is 2. The second-order valence-corrected chi connectivity index (χ2v) is 3.82. The molecule has 0 aliphatic rings. The van der Waals surface area contributed by atoms with E-state index in [0.29, 0.717) is 5.56 Å². The lowest BCUT2D eigenvalue weighted by Gasteiger charge is -2.25. The van der Waals surface area contributed by atoms with Crippen molar-refractivity contribution in [2.24, 2.45) is 5.73 Å². The minimum Gasteiger partial charge on any atom is -0.395 e. The van der Waals surface area contributed by atoms with Crippen molar-refractivity contribution in [1.29, 1.82) is 0 Å². The van der Waals surface area contributed by atoms with E-state index in [0.717, 1.165) is 6.07 Å². The summed E-state index contributed by atoms with van der Waals surface area (Å²) in [7, 11) is 0. The summed E-state index contributed by atoms with van der Waals surface area (Å²) < 4.78 is 37.9. The highest BCUT2D eigenvalue weighted by atomic mass is 19.4. The Bertz CT molecular complexity index is 407. The minimum atomic E-state index is -4.55. The molecule has 108 valence electrons. The molecule has 8 heteroatoms. The Morgan fingerprint density at radius 3 is 2.16 bits per heavy atom. The Kier molecular flexibility index (Phi) is 5.52. The van der Waals surface area contributed by atoms with Crippen LogP contribution < -0.4 is 10.6 Å². The van der Waals surface area contributed by atoms with Gasteiger partial charge in [-0.1, -0.05) is 6.07 Å². The second-order valence-electron chi connectivity index (χ2n) is 3.82. The molecule has 0 fully saturated rings. The van der Waals surface area contributed by atoms with E-state index in [1.54, 1.807) is 0 Å². The number of aromatic nitrogens is 1. The summed E-state index contributed by atoms with van der Waals surface area (Å²) in [5.41, 5.74) is 4.87. The van der Waals surface area contributed by atoms with E-state index in [9.17, 15) is 13.2 Å². The quantitative estimate of drug-likeness (QED) is 0.700. The number of hydrogen-bond acceptors (Lipinski definition) is 5. The molecule has 0 spiro atoms. The summed E-state index contributed by atoms with van der Waals surface area (Å²) in [6.45, 7) is -0.360. The van der Waals surface area contributed by atoms with E-state index in [-0.39, 0.29) is 38.7 Å². The lowest BCUT2D eigenvalue weighted by molar-refractivity contribution is -0.141. The SMILES string of the molecule is NCc1ccc(C(F)(F)F)nc1N(CCO)CCO. The first-order chi connectivity index (χ1) is 8.93. The van der Waals surface area contributed by atoms with Crippen LogP contribution in [0.25, 0.3) is 0 Å². The molecule has 1 heterocycles. The van der Waals surface area contributed by atoms with E-state index >= 15 is 0 Å². The van der Waals surface area contributed by atoms with Gasteiger partial charge in [0.25, 0.3) is 0 Å². The van der Waals surface area contributed by atoms with E-state index in [4.69, 9.17) is 15.9 Å². The van der Waals surface area contributed by atoms with Gasteiger partial charge in [-0.2, -0.15) is 13.2 Å². The molecule has 19 heavy (non-hydrogen) atoms. The van der Waals surface area contributed by atoms with Gasteiger partial charge < -0.3 is 20.8 Å². The highest BCUT2D eigenvalue weighted by Gasteiger charge is 2.33. The van der Waals surface area contributed by atoms with Crippen LogP contribution in [0.3, 0.4) is 0 Å². The third-order valence-electron chi connectivity index (χ3n) is 2.51. The van der Waals surface area contributed by atoms with Gasteiger partial charge in [0, 0.05) is 25.2 Å². The van der Waals surface area contributed by atoms with Gasteiger partial charge in [-0.05, 0) is 6.07 Å². The zero-order valence-electron chi connectivity index (χ0n) is 10.2. The molecule has 1 aromatic rings. The predicted octanol–water partition coefficient (Wildman–Crippen LogP) is 0.350. The fourth-order valence-electron chi connectivity index (χ4n) is 1.63. The van der Waals surface area contributed by atoms with Crippen molar-refractivity contribution in [3.05, 3.63) is 23.4 Å². The van der Waals surface area contributed by atoms with E-state index < -0.39 is 11.9 Å². The van der Waals surface area contributed by atoms with Crippen molar-refractivity contribution in [2.75, 3.05) is 31.2 Å². The monoisotopic (exact) mass is 279 g/mol. The maximum absolute atomic E-state index is 12.6. The van der Waals surface area contributed by atoms with Gasteiger partial charge in [-0.15, -0.1) is 0 Å². The number of alkyl halides is 3. The van der Waals surface area contributed by atoms with Crippen LogP contribution in [0.2, 0.25) is 0 Å². The number of anilines is 1. The Balaban J connectivity index is 3.19. The van der Waals surface area contributed by atoms with E-state index in [1.807, 2.05) is 0 Å². The van der Waals surface area contributed by atoms with Crippen LogP contribution in [0, 0.1) is 0 Å². The smallest absolute Gasteiger partial charge is 0.395 e. The van der Waals surface area contributed by atoms with Gasteiger partial charge in [-0.3, -0.25) is 0 Å². The summed E-state index contributed by atoms with van der Waals surface area (Å²) in [4.78, 5) is 4.92.